The molecular weight excluding hydrogens is 298 g/mol. The molecular formula is C14H20ClNO3S. The molecule has 1 aromatic rings. The molecule has 0 amide bonds. The van der Waals surface area contributed by atoms with Crippen molar-refractivity contribution in [3.05, 3.63) is 23.2 Å². The van der Waals surface area contributed by atoms with E-state index in [-0.39, 0.29) is 11.0 Å². The van der Waals surface area contributed by atoms with Crippen molar-refractivity contribution in [3.63, 3.8) is 0 Å². The first-order valence-corrected chi connectivity index (χ1v) is 8.81. The molecule has 0 heterocycles. The maximum absolute atomic E-state index is 11.6. The zero-order chi connectivity index (χ0) is 14.8. The molecule has 2 N–H and O–H groups in total. The van der Waals surface area contributed by atoms with Crippen molar-refractivity contribution in [2.24, 2.45) is 11.1 Å². The zero-order valence-electron chi connectivity index (χ0n) is 11.5. The molecule has 1 aliphatic rings. The van der Waals surface area contributed by atoms with Crippen molar-refractivity contribution in [3.8, 4) is 5.75 Å². The van der Waals surface area contributed by atoms with E-state index >= 15 is 0 Å². The molecule has 0 radical (unpaired) electrons. The van der Waals surface area contributed by atoms with Crippen LogP contribution in [0.4, 0.5) is 0 Å². The SMILES string of the molecule is CCC1CCC(Oc2ccc(Cl)cc2S(N)(=O)=O)CC1. The van der Waals surface area contributed by atoms with E-state index in [2.05, 4.69) is 6.92 Å². The monoisotopic (exact) mass is 317 g/mol. The highest BCUT2D eigenvalue weighted by atomic mass is 35.5. The van der Waals surface area contributed by atoms with Crippen molar-refractivity contribution >= 4 is 21.6 Å². The number of hydrogen-bond acceptors (Lipinski definition) is 3. The first-order chi connectivity index (χ1) is 9.40. The van der Waals surface area contributed by atoms with Crippen molar-refractivity contribution in [1.29, 1.82) is 0 Å². The second-order valence-corrected chi connectivity index (χ2v) is 7.27. The molecule has 1 fully saturated rings. The van der Waals surface area contributed by atoms with Gasteiger partial charge in [-0.3, -0.25) is 0 Å². The lowest BCUT2D eigenvalue weighted by molar-refractivity contribution is 0.126. The smallest absolute Gasteiger partial charge is 0.241 e. The van der Waals surface area contributed by atoms with E-state index in [0.717, 1.165) is 31.6 Å². The minimum absolute atomic E-state index is 0.0392. The summed E-state index contributed by atoms with van der Waals surface area (Å²) in [6, 6.07) is 4.53. The highest BCUT2D eigenvalue weighted by Gasteiger charge is 2.24. The molecule has 112 valence electrons. The molecule has 20 heavy (non-hydrogen) atoms. The molecule has 1 aromatic carbocycles. The van der Waals surface area contributed by atoms with Crippen LogP contribution in [-0.4, -0.2) is 14.5 Å². The number of halogens is 1. The van der Waals surface area contributed by atoms with Gasteiger partial charge < -0.3 is 4.74 Å². The number of sulfonamides is 1. The van der Waals surface area contributed by atoms with Gasteiger partial charge in [0.2, 0.25) is 10.0 Å². The van der Waals surface area contributed by atoms with Gasteiger partial charge in [0.05, 0.1) is 6.10 Å². The molecule has 0 spiro atoms. The van der Waals surface area contributed by atoms with Crippen LogP contribution >= 0.6 is 11.6 Å². The third kappa shape index (κ3) is 3.87. The van der Waals surface area contributed by atoms with Gasteiger partial charge in [0, 0.05) is 5.02 Å². The number of primary sulfonamides is 1. The van der Waals surface area contributed by atoms with Gasteiger partial charge in [-0.25, -0.2) is 13.6 Å². The number of ether oxygens (including phenoxy) is 1. The first-order valence-electron chi connectivity index (χ1n) is 6.89. The largest absolute Gasteiger partial charge is 0.489 e. The topological polar surface area (TPSA) is 69.4 Å². The van der Waals surface area contributed by atoms with E-state index in [0.29, 0.717) is 10.8 Å². The van der Waals surface area contributed by atoms with Gasteiger partial charge in [-0.1, -0.05) is 24.9 Å². The van der Waals surface area contributed by atoms with Crippen LogP contribution in [0.25, 0.3) is 0 Å². The molecule has 4 nitrogen and oxygen atoms in total. The fraction of sp³-hybridized carbons (Fsp3) is 0.571. The predicted molar refractivity (Wildman–Crippen MR) is 79.5 cm³/mol. The van der Waals surface area contributed by atoms with Crippen molar-refractivity contribution in [2.75, 3.05) is 0 Å². The summed E-state index contributed by atoms with van der Waals surface area (Å²) in [4.78, 5) is -0.0392. The van der Waals surface area contributed by atoms with Crippen LogP contribution in [-0.2, 0) is 10.0 Å². The molecule has 0 unspecified atom stereocenters. The van der Waals surface area contributed by atoms with E-state index in [1.165, 1.54) is 12.5 Å². The van der Waals surface area contributed by atoms with Crippen LogP contribution in [0.15, 0.2) is 23.1 Å². The second-order valence-electron chi connectivity index (χ2n) is 5.30. The van der Waals surface area contributed by atoms with Crippen LogP contribution in [0.5, 0.6) is 5.75 Å². The van der Waals surface area contributed by atoms with E-state index in [1.54, 1.807) is 12.1 Å². The van der Waals surface area contributed by atoms with Gasteiger partial charge in [0.1, 0.15) is 10.6 Å². The first kappa shape index (κ1) is 15.6. The Bertz CT molecular complexity index is 566. The number of nitrogens with two attached hydrogens (primary N) is 1. The van der Waals surface area contributed by atoms with E-state index in [1.807, 2.05) is 0 Å². The Labute approximate surface area is 125 Å². The molecule has 0 saturated heterocycles. The third-order valence-corrected chi connectivity index (χ3v) is 5.04. The number of rotatable bonds is 4. The van der Waals surface area contributed by atoms with E-state index in [4.69, 9.17) is 21.5 Å². The average molecular weight is 318 g/mol. The van der Waals surface area contributed by atoms with Crippen LogP contribution in [0.2, 0.25) is 5.02 Å². The Morgan fingerprint density at radius 3 is 2.50 bits per heavy atom. The molecule has 0 aliphatic heterocycles. The molecule has 1 saturated carbocycles. The number of benzene rings is 1. The third-order valence-electron chi connectivity index (χ3n) is 3.88. The Hall–Kier alpha value is -0.780. The Kier molecular flexibility index (Phi) is 4.94. The second kappa shape index (κ2) is 6.33. The average Bonchev–Trinajstić information content (AvgIpc) is 2.40. The lowest BCUT2D eigenvalue weighted by Gasteiger charge is -2.28. The van der Waals surface area contributed by atoms with Crippen molar-refractivity contribution in [1.82, 2.24) is 0 Å². The van der Waals surface area contributed by atoms with Gasteiger partial charge >= 0.3 is 0 Å². The molecule has 6 heteroatoms. The normalized spacial score (nSPS) is 23.6. The summed E-state index contributed by atoms with van der Waals surface area (Å²) in [5.74, 6) is 1.06. The van der Waals surface area contributed by atoms with Crippen molar-refractivity contribution in [2.45, 2.75) is 50.0 Å². The zero-order valence-corrected chi connectivity index (χ0v) is 13.1. The minimum atomic E-state index is -3.83. The summed E-state index contributed by atoms with van der Waals surface area (Å²) in [5, 5.41) is 5.54. The summed E-state index contributed by atoms with van der Waals surface area (Å²) in [6.07, 6.45) is 5.39. The van der Waals surface area contributed by atoms with Crippen LogP contribution in [0, 0.1) is 5.92 Å². The maximum atomic E-state index is 11.6. The minimum Gasteiger partial charge on any atom is -0.489 e. The predicted octanol–water partition coefficient (Wildman–Crippen LogP) is 3.34. The maximum Gasteiger partial charge on any atom is 0.241 e. The summed E-state index contributed by atoms with van der Waals surface area (Å²) >= 11 is 5.83. The van der Waals surface area contributed by atoms with Gasteiger partial charge in [-0.15, -0.1) is 0 Å². The van der Waals surface area contributed by atoms with Crippen LogP contribution in [0.1, 0.15) is 39.0 Å². The highest BCUT2D eigenvalue weighted by molar-refractivity contribution is 7.89. The standard InChI is InChI=1S/C14H20ClNO3S/c1-2-10-3-6-12(7-4-10)19-13-8-5-11(15)9-14(13)20(16,17)18/h5,8-10,12H,2-4,6-7H2,1H3,(H2,16,17,18). The van der Waals surface area contributed by atoms with Gasteiger partial charge in [-0.05, 0) is 49.8 Å². The van der Waals surface area contributed by atoms with E-state index in [9.17, 15) is 8.42 Å². The quantitative estimate of drug-likeness (QED) is 0.926. The fourth-order valence-corrected chi connectivity index (χ4v) is 3.56. The van der Waals surface area contributed by atoms with Crippen molar-refractivity contribution < 1.29 is 13.2 Å². The molecule has 0 aromatic heterocycles. The lowest BCUT2D eigenvalue weighted by atomic mass is 9.86. The molecule has 0 bridgehead atoms. The summed E-state index contributed by atoms with van der Waals surface area (Å²) in [7, 11) is -3.83. The Morgan fingerprint density at radius 1 is 1.30 bits per heavy atom. The molecule has 1 aliphatic carbocycles. The fourth-order valence-electron chi connectivity index (χ4n) is 2.64. The Balaban J connectivity index is 2.14. The molecule has 2 rings (SSSR count). The summed E-state index contributed by atoms with van der Waals surface area (Å²) in [5.41, 5.74) is 0. The van der Waals surface area contributed by atoms with Crippen LogP contribution < -0.4 is 9.88 Å². The van der Waals surface area contributed by atoms with Gasteiger partial charge in [-0.2, -0.15) is 0 Å². The van der Waals surface area contributed by atoms with Gasteiger partial charge in [0.15, 0.2) is 0 Å². The summed E-state index contributed by atoms with van der Waals surface area (Å²) in [6.45, 7) is 2.20. The highest BCUT2D eigenvalue weighted by Crippen LogP contribution is 2.32. The van der Waals surface area contributed by atoms with Crippen LogP contribution in [0.3, 0.4) is 0 Å². The van der Waals surface area contributed by atoms with E-state index < -0.39 is 10.0 Å². The number of hydrogen-bond donors (Lipinski definition) is 1. The summed E-state index contributed by atoms with van der Waals surface area (Å²) < 4.78 is 29.0. The van der Waals surface area contributed by atoms with Gasteiger partial charge in [0.25, 0.3) is 0 Å². The molecule has 0 atom stereocenters. The lowest BCUT2D eigenvalue weighted by Crippen LogP contribution is -2.25. The Morgan fingerprint density at radius 2 is 1.95 bits per heavy atom.